The van der Waals surface area contributed by atoms with Gasteiger partial charge in [0.25, 0.3) is 0 Å². The Bertz CT molecular complexity index is 970. The van der Waals surface area contributed by atoms with Crippen molar-refractivity contribution in [3.8, 4) is 5.75 Å². The standard InChI is InChI=1S/C28H35N3O2S/c1-33-23-4-6-24(7-5-23)34-25-14-26(28(32)30-16-18-3-2-8-29-15-18)31(17-25)27-21-10-19-9-20(12-21)13-22(27)11-19/h2-8,15,19-22,25-27H,9-14,16-17H2,1H3,(H,30,32)/t19?,20?,21?,22?,25-,26+,27?/m1/s1. The molecule has 0 unspecified atom stereocenters. The Morgan fingerprint density at radius 1 is 1.06 bits per heavy atom. The van der Waals surface area contributed by atoms with Crippen LogP contribution in [0.1, 0.15) is 44.1 Å². The van der Waals surface area contributed by atoms with E-state index in [1.807, 2.05) is 42.2 Å². The second-order valence-corrected chi connectivity index (χ2v) is 12.2. The van der Waals surface area contributed by atoms with Crippen LogP contribution in [-0.2, 0) is 11.3 Å². The Hall–Kier alpha value is -2.05. The van der Waals surface area contributed by atoms with Gasteiger partial charge in [-0.3, -0.25) is 14.7 Å². The monoisotopic (exact) mass is 477 g/mol. The Morgan fingerprint density at radius 3 is 2.44 bits per heavy atom. The van der Waals surface area contributed by atoms with Gasteiger partial charge in [-0.05, 0) is 98.1 Å². The summed E-state index contributed by atoms with van der Waals surface area (Å²) in [5, 5.41) is 3.68. The molecule has 1 aliphatic heterocycles. The van der Waals surface area contributed by atoms with E-state index in [0.29, 0.717) is 17.8 Å². The van der Waals surface area contributed by atoms with Crippen molar-refractivity contribution < 1.29 is 9.53 Å². The van der Waals surface area contributed by atoms with Crippen molar-refractivity contribution in [3.63, 3.8) is 0 Å². The molecule has 2 aromatic rings. The van der Waals surface area contributed by atoms with E-state index in [4.69, 9.17) is 4.74 Å². The van der Waals surface area contributed by atoms with Crippen LogP contribution in [0.4, 0.5) is 0 Å². The zero-order valence-corrected chi connectivity index (χ0v) is 20.8. The molecule has 0 spiro atoms. The number of ether oxygens (including phenoxy) is 1. The number of pyridine rings is 1. The van der Waals surface area contributed by atoms with Gasteiger partial charge in [-0.15, -0.1) is 11.8 Å². The molecule has 2 heterocycles. The van der Waals surface area contributed by atoms with Gasteiger partial charge >= 0.3 is 0 Å². The lowest BCUT2D eigenvalue weighted by Crippen LogP contribution is -2.59. The van der Waals surface area contributed by atoms with Crippen molar-refractivity contribution in [2.45, 2.75) is 67.3 Å². The molecule has 1 saturated heterocycles. The zero-order valence-electron chi connectivity index (χ0n) is 19.9. The molecule has 5 aliphatic rings. The molecule has 5 fully saturated rings. The summed E-state index contributed by atoms with van der Waals surface area (Å²) in [5.41, 5.74) is 1.05. The van der Waals surface area contributed by atoms with Crippen LogP contribution in [0.15, 0.2) is 53.7 Å². The second kappa shape index (κ2) is 9.54. The van der Waals surface area contributed by atoms with Gasteiger partial charge in [0.1, 0.15) is 5.75 Å². The van der Waals surface area contributed by atoms with Crippen molar-refractivity contribution in [3.05, 3.63) is 54.4 Å². The second-order valence-electron chi connectivity index (χ2n) is 10.9. The minimum atomic E-state index is -0.0325. The van der Waals surface area contributed by atoms with E-state index in [-0.39, 0.29) is 11.9 Å². The maximum Gasteiger partial charge on any atom is 0.237 e. The Kier molecular flexibility index (Phi) is 6.29. The molecule has 6 heteroatoms. The number of amides is 1. The number of likely N-dealkylation sites (tertiary alicyclic amines) is 1. The maximum absolute atomic E-state index is 13.5. The number of hydrogen-bond acceptors (Lipinski definition) is 5. The fourth-order valence-electron chi connectivity index (χ4n) is 7.59. The summed E-state index contributed by atoms with van der Waals surface area (Å²) < 4.78 is 5.33. The number of carbonyl (C=O) groups excluding carboxylic acids is 1. The largest absolute Gasteiger partial charge is 0.497 e. The fraction of sp³-hybridized carbons (Fsp3) is 0.571. The highest BCUT2D eigenvalue weighted by Crippen LogP contribution is 2.56. The third kappa shape index (κ3) is 4.47. The van der Waals surface area contributed by atoms with Crippen molar-refractivity contribution >= 4 is 17.7 Å². The van der Waals surface area contributed by atoms with Crippen LogP contribution in [0.3, 0.4) is 0 Å². The van der Waals surface area contributed by atoms with Crippen LogP contribution < -0.4 is 10.1 Å². The van der Waals surface area contributed by atoms with Crippen LogP contribution in [0.5, 0.6) is 5.75 Å². The Balaban J connectivity index is 1.19. The number of thioether (sulfide) groups is 1. The summed E-state index contributed by atoms with van der Waals surface area (Å²) in [6.45, 7) is 1.56. The number of benzene rings is 1. The third-order valence-electron chi connectivity index (χ3n) is 8.72. The first-order valence-corrected chi connectivity index (χ1v) is 13.8. The topological polar surface area (TPSA) is 54.5 Å². The number of aromatic nitrogens is 1. The van der Waals surface area contributed by atoms with Crippen molar-refractivity contribution in [2.75, 3.05) is 13.7 Å². The first-order chi connectivity index (χ1) is 16.7. The quantitative estimate of drug-likeness (QED) is 0.623. The molecule has 1 aromatic heterocycles. The fourth-order valence-corrected chi connectivity index (χ4v) is 8.79. The molecule has 4 saturated carbocycles. The Labute approximate surface area is 207 Å². The predicted molar refractivity (Wildman–Crippen MR) is 135 cm³/mol. The molecule has 180 valence electrons. The summed E-state index contributed by atoms with van der Waals surface area (Å²) in [6, 6.07) is 12.9. The van der Waals surface area contributed by atoms with Crippen LogP contribution in [0.2, 0.25) is 0 Å². The lowest BCUT2D eigenvalue weighted by Gasteiger charge is -2.57. The van der Waals surface area contributed by atoms with Crippen molar-refractivity contribution in [1.82, 2.24) is 15.2 Å². The molecule has 5 nitrogen and oxygen atoms in total. The summed E-state index contributed by atoms with van der Waals surface area (Å²) >= 11 is 1.92. The van der Waals surface area contributed by atoms with Gasteiger partial charge in [-0.2, -0.15) is 0 Å². The smallest absolute Gasteiger partial charge is 0.237 e. The van der Waals surface area contributed by atoms with E-state index < -0.39 is 0 Å². The van der Waals surface area contributed by atoms with E-state index in [2.05, 4.69) is 27.3 Å². The molecule has 1 aromatic carbocycles. The SMILES string of the molecule is COc1ccc(S[C@@H]2C[C@@H](C(=O)NCc3cccnc3)N(C3C4CC5CC(C4)CC3C5)C2)cc1. The highest BCUT2D eigenvalue weighted by Gasteiger charge is 2.53. The van der Waals surface area contributed by atoms with Gasteiger partial charge in [-0.1, -0.05) is 6.07 Å². The minimum absolute atomic E-state index is 0.0325. The summed E-state index contributed by atoms with van der Waals surface area (Å²) in [5.74, 6) is 4.55. The van der Waals surface area contributed by atoms with Crippen LogP contribution >= 0.6 is 11.8 Å². The predicted octanol–water partition coefficient (Wildman–Crippen LogP) is 4.77. The molecular formula is C28H35N3O2S. The van der Waals surface area contributed by atoms with Gasteiger partial charge in [0.2, 0.25) is 5.91 Å². The number of methoxy groups -OCH3 is 1. The normalized spacial score (nSPS) is 34.3. The molecule has 7 rings (SSSR count). The van der Waals surface area contributed by atoms with Gasteiger partial charge < -0.3 is 10.1 Å². The van der Waals surface area contributed by atoms with E-state index in [0.717, 1.165) is 48.0 Å². The number of nitrogens with one attached hydrogen (secondary N) is 1. The van der Waals surface area contributed by atoms with Gasteiger partial charge in [0.15, 0.2) is 0 Å². The molecule has 4 aliphatic carbocycles. The van der Waals surface area contributed by atoms with Crippen molar-refractivity contribution in [2.24, 2.45) is 23.7 Å². The minimum Gasteiger partial charge on any atom is -0.497 e. The molecule has 4 bridgehead atoms. The lowest BCUT2D eigenvalue weighted by molar-refractivity contribution is -0.130. The molecule has 1 N–H and O–H groups in total. The van der Waals surface area contributed by atoms with Crippen LogP contribution in [-0.4, -0.2) is 46.8 Å². The first-order valence-electron chi connectivity index (χ1n) is 12.9. The van der Waals surface area contributed by atoms with E-state index in [1.54, 1.807) is 13.3 Å². The zero-order chi connectivity index (χ0) is 23.1. The average molecular weight is 478 g/mol. The lowest BCUT2D eigenvalue weighted by atomic mass is 9.54. The summed E-state index contributed by atoms with van der Waals surface area (Å²) in [6.07, 6.45) is 11.5. The molecule has 0 radical (unpaired) electrons. The molecule has 34 heavy (non-hydrogen) atoms. The highest BCUT2D eigenvalue weighted by molar-refractivity contribution is 8.00. The van der Waals surface area contributed by atoms with Gasteiger partial charge in [0, 0.05) is 41.7 Å². The van der Waals surface area contributed by atoms with Gasteiger partial charge in [0.05, 0.1) is 13.2 Å². The average Bonchev–Trinajstić information content (AvgIpc) is 3.26. The Morgan fingerprint density at radius 2 is 1.79 bits per heavy atom. The molecule has 2 atom stereocenters. The number of rotatable bonds is 7. The molecule has 1 amide bonds. The number of nitrogens with zero attached hydrogens (tertiary/aromatic N) is 2. The number of carbonyl (C=O) groups is 1. The maximum atomic E-state index is 13.5. The molecular weight excluding hydrogens is 442 g/mol. The first kappa shape index (κ1) is 22.4. The van der Waals surface area contributed by atoms with Crippen LogP contribution in [0.25, 0.3) is 0 Å². The van der Waals surface area contributed by atoms with Crippen LogP contribution in [0, 0.1) is 23.7 Å². The highest BCUT2D eigenvalue weighted by atomic mass is 32.2. The van der Waals surface area contributed by atoms with E-state index in [9.17, 15) is 4.79 Å². The summed E-state index contributed by atoms with van der Waals surface area (Å²) in [4.78, 5) is 21.6. The van der Waals surface area contributed by atoms with E-state index >= 15 is 0 Å². The van der Waals surface area contributed by atoms with Gasteiger partial charge in [-0.25, -0.2) is 0 Å². The number of hydrogen-bond donors (Lipinski definition) is 1. The third-order valence-corrected chi connectivity index (χ3v) is 9.93. The van der Waals surface area contributed by atoms with Crippen molar-refractivity contribution in [1.29, 1.82) is 0 Å². The van der Waals surface area contributed by atoms with E-state index in [1.165, 1.54) is 37.0 Å². The summed E-state index contributed by atoms with van der Waals surface area (Å²) in [7, 11) is 1.71.